The third-order valence-electron chi connectivity index (χ3n) is 3.92. The van der Waals surface area contributed by atoms with E-state index in [4.69, 9.17) is 10.5 Å². The van der Waals surface area contributed by atoms with E-state index in [2.05, 4.69) is 16.9 Å². The number of nitrogens with two attached hydrogens (primary N) is 1. The van der Waals surface area contributed by atoms with E-state index in [-0.39, 0.29) is 12.0 Å². The van der Waals surface area contributed by atoms with Crippen LogP contribution in [-0.4, -0.2) is 25.7 Å². The molecule has 2 atom stereocenters. The SMILES string of the molecule is CCOc1ccc2c(c1)C(CCCC(=O)OC)C(N)C2. The maximum atomic E-state index is 11.2. The van der Waals surface area contributed by atoms with Crippen LogP contribution in [0.1, 0.15) is 43.2 Å². The van der Waals surface area contributed by atoms with E-state index < -0.39 is 0 Å². The van der Waals surface area contributed by atoms with Gasteiger partial charge in [-0.3, -0.25) is 4.79 Å². The van der Waals surface area contributed by atoms with Gasteiger partial charge in [-0.25, -0.2) is 0 Å². The molecule has 1 aliphatic rings. The number of fused-ring (bicyclic) bond motifs is 1. The van der Waals surface area contributed by atoms with Crippen LogP contribution in [0.25, 0.3) is 0 Å². The van der Waals surface area contributed by atoms with Crippen molar-refractivity contribution in [3.8, 4) is 5.75 Å². The smallest absolute Gasteiger partial charge is 0.305 e. The van der Waals surface area contributed by atoms with E-state index in [0.29, 0.717) is 18.9 Å². The van der Waals surface area contributed by atoms with Crippen LogP contribution in [0.2, 0.25) is 0 Å². The Hall–Kier alpha value is -1.55. The van der Waals surface area contributed by atoms with Crippen molar-refractivity contribution < 1.29 is 14.3 Å². The normalized spacial score (nSPS) is 20.6. The molecule has 0 fully saturated rings. The summed E-state index contributed by atoms with van der Waals surface area (Å²) in [6, 6.07) is 6.36. The second-order valence-electron chi connectivity index (χ2n) is 5.24. The maximum Gasteiger partial charge on any atom is 0.305 e. The lowest BCUT2D eigenvalue weighted by Crippen LogP contribution is -2.25. The van der Waals surface area contributed by atoms with Crippen LogP contribution in [0.5, 0.6) is 5.75 Å². The number of esters is 1. The zero-order chi connectivity index (χ0) is 14.5. The fourth-order valence-corrected chi connectivity index (χ4v) is 2.93. The van der Waals surface area contributed by atoms with E-state index in [1.54, 1.807) is 0 Å². The highest BCUT2D eigenvalue weighted by Crippen LogP contribution is 2.37. The van der Waals surface area contributed by atoms with Gasteiger partial charge < -0.3 is 15.2 Å². The molecule has 1 aromatic rings. The molecule has 20 heavy (non-hydrogen) atoms. The minimum atomic E-state index is -0.153. The van der Waals surface area contributed by atoms with Gasteiger partial charge in [0.25, 0.3) is 0 Å². The Morgan fingerprint density at radius 2 is 2.25 bits per heavy atom. The molecule has 0 radical (unpaired) electrons. The van der Waals surface area contributed by atoms with Crippen molar-refractivity contribution in [3.05, 3.63) is 29.3 Å². The Balaban J connectivity index is 2.04. The fourth-order valence-electron chi connectivity index (χ4n) is 2.93. The molecule has 1 aromatic carbocycles. The number of carbonyl (C=O) groups excluding carboxylic acids is 1. The molecule has 2 unspecified atom stereocenters. The molecule has 0 saturated heterocycles. The van der Waals surface area contributed by atoms with Gasteiger partial charge in [-0.15, -0.1) is 0 Å². The minimum Gasteiger partial charge on any atom is -0.494 e. The lowest BCUT2D eigenvalue weighted by atomic mass is 9.93. The van der Waals surface area contributed by atoms with Crippen LogP contribution in [-0.2, 0) is 16.0 Å². The number of rotatable bonds is 6. The van der Waals surface area contributed by atoms with E-state index in [1.165, 1.54) is 18.2 Å². The molecule has 0 heterocycles. The number of hydrogen-bond acceptors (Lipinski definition) is 4. The largest absolute Gasteiger partial charge is 0.494 e. The zero-order valence-electron chi connectivity index (χ0n) is 12.2. The van der Waals surface area contributed by atoms with Gasteiger partial charge in [-0.1, -0.05) is 6.07 Å². The highest BCUT2D eigenvalue weighted by molar-refractivity contribution is 5.69. The molecule has 2 N–H and O–H groups in total. The van der Waals surface area contributed by atoms with Crippen LogP contribution >= 0.6 is 0 Å². The summed E-state index contributed by atoms with van der Waals surface area (Å²) < 4.78 is 10.2. The van der Waals surface area contributed by atoms with Crippen molar-refractivity contribution in [2.24, 2.45) is 5.73 Å². The molecule has 0 aliphatic heterocycles. The van der Waals surface area contributed by atoms with Crippen molar-refractivity contribution in [2.45, 2.75) is 44.6 Å². The number of hydrogen-bond donors (Lipinski definition) is 1. The van der Waals surface area contributed by atoms with Crippen LogP contribution in [0.4, 0.5) is 0 Å². The first-order chi connectivity index (χ1) is 9.65. The number of benzene rings is 1. The number of methoxy groups -OCH3 is 1. The van der Waals surface area contributed by atoms with Gasteiger partial charge in [0.05, 0.1) is 13.7 Å². The van der Waals surface area contributed by atoms with Crippen LogP contribution in [0.3, 0.4) is 0 Å². The average molecular weight is 277 g/mol. The van der Waals surface area contributed by atoms with Gasteiger partial charge in [-0.05, 0) is 55.4 Å². The van der Waals surface area contributed by atoms with Gasteiger partial charge in [-0.2, -0.15) is 0 Å². The van der Waals surface area contributed by atoms with Crippen molar-refractivity contribution in [1.82, 2.24) is 0 Å². The Bertz CT molecular complexity index is 473. The molecule has 0 spiro atoms. The first-order valence-corrected chi connectivity index (χ1v) is 7.23. The number of carbonyl (C=O) groups is 1. The molecule has 1 aliphatic carbocycles. The standard InChI is InChI=1S/C16H23NO3/c1-3-20-12-8-7-11-9-15(17)13(14(11)10-12)5-4-6-16(18)19-2/h7-8,10,13,15H,3-6,9,17H2,1-2H3. The predicted molar refractivity (Wildman–Crippen MR) is 77.9 cm³/mol. The third kappa shape index (κ3) is 3.31. The van der Waals surface area contributed by atoms with Crippen molar-refractivity contribution >= 4 is 5.97 Å². The quantitative estimate of drug-likeness (QED) is 0.811. The van der Waals surface area contributed by atoms with Gasteiger partial charge in [0.1, 0.15) is 5.75 Å². The van der Waals surface area contributed by atoms with Crippen LogP contribution in [0, 0.1) is 0 Å². The van der Waals surface area contributed by atoms with E-state index >= 15 is 0 Å². The Labute approximate surface area is 120 Å². The summed E-state index contributed by atoms with van der Waals surface area (Å²) in [4.78, 5) is 11.2. The Morgan fingerprint density at radius 1 is 1.45 bits per heavy atom. The van der Waals surface area contributed by atoms with Crippen molar-refractivity contribution in [1.29, 1.82) is 0 Å². The third-order valence-corrected chi connectivity index (χ3v) is 3.92. The lowest BCUT2D eigenvalue weighted by Gasteiger charge is -2.17. The van der Waals surface area contributed by atoms with E-state index in [9.17, 15) is 4.79 Å². The molecule has 2 rings (SSSR count). The fraction of sp³-hybridized carbons (Fsp3) is 0.562. The van der Waals surface area contributed by atoms with Gasteiger partial charge >= 0.3 is 5.97 Å². The van der Waals surface area contributed by atoms with E-state index in [1.807, 2.05) is 13.0 Å². The summed E-state index contributed by atoms with van der Waals surface area (Å²) in [6.07, 6.45) is 3.09. The second-order valence-corrected chi connectivity index (χ2v) is 5.24. The lowest BCUT2D eigenvalue weighted by molar-refractivity contribution is -0.140. The van der Waals surface area contributed by atoms with Gasteiger partial charge in [0.2, 0.25) is 0 Å². The summed E-state index contributed by atoms with van der Waals surface area (Å²) in [6.45, 7) is 2.64. The summed E-state index contributed by atoms with van der Waals surface area (Å²) >= 11 is 0. The van der Waals surface area contributed by atoms with Gasteiger partial charge in [0.15, 0.2) is 0 Å². The minimum absolute atomic E-state index is 0.138. The summed E-state index contributed by atoms with van der Waals surface area (Å²) in [7, 11) is 1.42. The van der Waals surface area contributed by atoms with Crippen molar-refractivity contribution in [3.63, 3.8) is 0 Å². The molecule has 0 bridgehead atoms. The summed E-state index contributed by atoms with van der Waals surface area (Å²) in [5.74, 6) is 1.06. The average Bonchev–Trinajstić information content (AvgIpc) is 2.75. The molecule has 0 aromatic heterocycles. The van der Waals surface area contributed by atoms with Crippen LogP contribution < -0.4 is 10.5 Å². The molecular weight excluding hydrogens is 254 g/mol. The van der Waals surface area contributed by atoms with E-state index in [0.717, 1.165) is 25.0 Å². The molecule has 0 amide bonds. The topological polar surface area (TPSA) is 61.5 Å². The summed E-state index contributed by atoms with van der Waals surface area (Å²) in [5.41, 5.74) is 8.84. The molecular formula is C16H23NO3. The van der Waals surface area contributed by atoms with Crippen molar-refractivity contribution in [2.75, 3.05) is 13.7 Å². The zero-order valence-corrected chi connectivity index (χ0v) is 12.2. The Kier molecular flexibility index (Phi) is 5.01. The maximum absolute atomic E-state index is 11.2. The highest BCUT2D eigenvalue weighted by Gasteiger charge is 2.29. The summed E-state index contributed by atoms with van der Waals surface area (Å²) in [5, 5.41) is 0. The first kappa shape index (κ1) is 14.9. The number of ether oxygens (including phenoxy) is 2. The van der Waals surface area contributed by atoms with Crippen LogP contribution in [0.15, 0.2) is 18.2 Å². The Morgan fingerprint density at radius 3 is 2.95 bits per heavy atom. The molecule has 0 saturated carbocycles. The second kappa shape index (κ2) is 6.75. The first-order valence-electron chi connectivity index (χ1n) is 7.23. The monoisotopic (exact) mass is 277 g/mol. The molecule has 110 valence electrons. The molecule has 4 heteroatoms. The highest BCUT2D eigenvalue weighted by atomic mass is 16.5. The van der Waals surface area contributed by atoms with Gasteiger partial charge in [0, 0.05) is 12.5 Å². The predicted octanol–water partition coefficient (Wildman–Crippen LogP) is 2.40. The molecule has 4 nitrogen and oxygen atoms in total.